The van der Waals surface area contributed by atoms with Crippen LogP contribution in [0.15, 0.2) is 121 Å². The average Bonchev–Trinajstić information content (AvgIpc) is 3.12. The maximum atomic E-state index is 6.31. The van der Waals surface area contributed by atoms with Gasteiger partial charge in [0, 0.05) is 43.0 Å². The summed E-state index contributed by atoms with van der Waals surface area (Å²) < 4.78 is 17.2. The number of hydrogen-bond donors (Lipinski definition) is 2. The lowest BCUT2D eigenvalue weighted by atomic mass is 10.1. The quantitative estimate of drug-likeness (QED) is 0.151. The molecule has 248 valence electrons. The van der Waals surface area contributed by atoms with Crippen molar-refractivity contribution in [3.63, 3.8) is 0 Å². The van der Waals surface area contributed by atoms with E-state index in [0.29, 0.717) is 21.5 Å². The second-order valence-corrected chi connectivity index (χ2v) is 12.3. The summed E-state index contributed by atoms with van der Waals surface area (Å²) in [4.78, 5) is 9.65. The van der Waals surface area contributed by atoms with Gasteiger partial charge in [0.25, 0.3) is 0 Å². The zero-order chi connectivity index (χ0) is 33.5. The minimum Gasteiger partial charge on any atom is -0.497 e. The molecule has 2 aromatic heterocycles. The molecule has 0 saturated heterocycles. The van der Waals surface area contributed by atoms with Crippen LogP contribution >= 0.6 is 35.6 Å². The van der Waals surface area contributed by atoms with Crippen LogP contribution in [0.1, 0.15) is 0 Å². The van der Waals surface area contributed by atoms with E-state index in [4.69, 9.17) is 47.4 Å². The van der Waals surface area contributed by atoms with Crippen LogP contribution in [0.4, 0.5) is 22.7 Å². The monoisotopic (exact) mass is 718 g/mol. The van der Waals surface area contributed by atoms with Crippen molar-refractivity contribution < 1.29 is 14.2 Å². The summed E-state index contributed by atoms with van der Waals surface area (Å²) >= 11 is 12.6. The minimum absolute atomic E-state index is 0. The van der Waals surface area contributed by atoms with E-state index in [1.165, 1.54) is 0 Å². The third-order valence-electron chi connectivity index (χ3n) is 8.37. The average molecular weight is 720 g/mol. The van der Waals surface area contributed by atoms with Crippen molar-refractivity contribution in [2.75, 3.05) is 24.9 Å². The number of nitrogens with zero attached hydrogens (tertiary/aromatic N) is 2. The molecule has 0 unspecified atom stereocenters. The molecule has 8 rings (SSSR count). The lowest BCUT2D eigenvalue weighted by molar-refractivity contribution is 0.415. The first kappa shape index (κ1) is 33.0. The fourth-order valence-corrected chi connectivity index (χ4v) is 6.29. The van der Waals surface area contributed by atoms with E-state index in [1.54, 1.807) is 14.2 Å². The van der Waals surface area contributed by atoms with Crippen LogP contribution in [-0.4, -0.2) is 24.2 Å². The summed E-state index contributed by atoms with van der Waals surface area (Å²) in [7, 11) is 3.31. The van der Waals surface area contributed by atoms with Crippen molar-refractivity contribution in [1.82, 2.24) is 9.97 Å². The van der Waals surface area contributed by atoms with Crippen molar-refractivity contribution in [2.45, 2.75) is 0 Å². The molecule has 0 spiro atoms. The van der Waals surface area contributed by atoms with Gasteiger partial charge in [-0.25, -0.2) is 9.97 Å². The Kier molecular flexibility index (Phi) is 9.12. The molecular formula is C40H29Cl3N4O3. The molecule has 0 aliphatic rings. The van der Waals surface area contributed by atoms with Crippen LogP contribution in [0, 0.1) is 0 Å². The molecule has 0 amide bonds. The highest BCUT2D eigenvalue weighted by Gasteiger charge is 2.14. The Morgan fingerprint density at radius 2 is 0.840 bits per heavy atom. The van der Waals surface area contributed by atoms with Crippen LogP contribution in [-0.2, 0) is 0 Å². The van der Waals surface area contributed by atoms with E-state index in [0.717, 1.165) is 77.9 Å². The second kappa shape index (κ2) is 13.8. The zero-order valence-corrected chi connectivity index (χ0v) is 29.2. The molecule has 0 fully saturated rings. The Balaban J connectivity index is 0.00000392. The normalized spacial score (nSPS) is 11.0. The second-order valence-electron chi connectivity index (χ2n) is 11.5. The molecule has 2 heterocycles. The van der Waals surface area contributed by atoms with E-state index in [1.807, 2.05) is 121 Å². The van der Waals surface area contributed by atoms with Gasteiger partial charge in [0.15, 0.2) is 0 Å². The maximum Gasteiger partial charge on any atom is 0.127 e. The molecular weight excluding hydrogens is 691 g/mol. The molecule has 7 nitrogen and oxygen atoms in total. The van der Waals surface area contributed by atoms with Gasteiger partial charge in [-0.05, 0) is 121 Å². The molecule has 50 heavy (non-hydrogen) atoms. The highest BCUT2D eigenvalue weighted by atomic mass is 35.5. The summed E-state index contributed by atoms with van der Waals surface area (Å²) in [5, 5.41) is 12.3. The highest BCUT2D eigenvalue weighted by Crippen LogP contribution is 2.38. The number of ether oxygens (including phenoxy) is 3. The van der Waals surface area contributed by atoms with Crippen LogP contribution in [0.2, 0.25) is 10.0 Å². The lowest BCUT2D eigenvalue weighted by Crippen LogP contribution is -1.97. The summed E-state index contributed by atoms with van der Waals surface area (Å²) in [6.07, 6.45) is 0. The third-order valence-corrected chi connectivity index (χ3v) is 8.84. The zero-order valence-electron chi connectivity index (χ0n) is 26.8. The predicted molar refractivity (Wildman–Crippen MR) is 208 cm³/mol. The van der Waals surface area contributed by atoms with Crippen molar-refractivity contribution in [1.29, 1.82) is 0 Å². The number of halogens is 3. The van der Waals surface area contributed by atoms with Gasteiger partial charge in [-0.15, -0.1) is 12.4 Å². The Hall–Kier alpha value is -5.47. The van der Waals surface area contributed by atoms with Crippen LogP contribution in [0.5, 0.6) is 23.0 Å². The number of pyridine rings is 2. The number of hydrogen-bond acceptors (Lipinski definition) is 7. The van der Waals surface area contributed by atoms with E-state index in [-0.39, 0.29) is 12.4 Å². The standard InChI is InChI=1S/C40H28Cl2N4O3.ClH/c1-47-29-13-17-35-33(21-29)39(31-15-3-23(41)19-37(31)45-35)43-25-5-9-27(10-6-25)49-28-11-7-26(8-12-28)44-40-32-16-4-24(42)20-38(32)46-36-18-14-30(48-2)22-34(36)40;/h3-22H,1-2H3,(H,43,45)(H,44,46);1H. The molecule has 0 bridgehead atoms. The summed E-state index contributed by atoms with van der Waals surface area (Å²) in [5.74, 6) is 2.92. The van der Waals surface area contributed by atoms with Gasteiger partial charge in [-0.1, -0.05) is 23.2 Å². The van der Waals surface area contributed by atoms with E-state index >= 15 is 0 Å². The van der Waals surface area contributed by atoms with Gasteiger partial charge in [-0.2, -0.15) is 0 Å². The van der Waals surface area contributed by atoms with Gasteiger partial charge >= 0.3 is 0 Å². The summed E-state index contributed by atoms with van der Waals surface area (Å²) in [6.45, 7) is 0. The largest absolute Gasteiger partial charge is 0.497 e. The molecule has 0 saturated carbocycles. The topological polar surface area (TPSA) is 77.5 Å². The Labute approximate surface area is 304 Å². The van der Waals surface area contributed by atoms with Crippen molar-refractivity contribution in [3.8, 4) is 23.0 Å². The molecule has 0 aliphatic carbocycles. The van der Waals surface area contributed by atoms with E-state index < -0.39 is 0 Å². The fraction of sp³-hybridized carbons (Fsp3) is 0.0500. The fourth-order valence-electron chi connectivity index (χ4n) is 5.95. The van der Waals surface area contributed by atoms with Gasteiger partial charge in [-0.3, -0.25) is 0 Å². The Morgan fingerprint density at radius 3 is 1.24 bits per heavy atom. The Bertz CT molecular complexity index is 2350. The minimum atomic E-state index is 0. The lowest BCUT2D eigenvalue weighted by Gasteiger charge is -2.15. The molecule has 6 aromatic carbocycles. The van der Waals surface area contributed by atoms with E-state index in [9.17, 15) is 0 Å². The molecule has 0 atom stereocenters. The summed E-state index contributed by atoms with van der Waals surface area (Å²) in [5.41, 5.74) is 6.92. The number of anilines is 4. The number of benzene rings is 6. The van der Waals surface area contributed by atoms with Crippen LogP contribution in [0.3, 0.4) is 0 Å². The smallest absolute Gasteiger partial charge is 0.127 e. The number of nitrogens with one attached hydrogen (secondary N) is 2. The first-order valence-electron chi connectivity index (χ1n) is 15.5. The van der Waals surface area contributed by atoms with Crippen molar-refractivity contribution in [3.05, 3.63) is 131 Å². The molecule has 2 N–H and O–H groups in total. The number of methoxy groups -OCH3 is 2. The first-order valence-corrected chi connectivity index (χ1v) is 16.3. The maximum absolute atomic E-state index is 6.31. The van der Waals surface area contributed by atoms with E-state index in [2.05, 4.69) is 10.6 Å². The van der Waals surface area contributed by atoms with Gasteiger partial charge in [0.05, 0.1) is 47.7 Å². The van der Waals surface area contributed by atoms with Crippen LogP contribution in [0.25, 0.3) is 43.6 Å². The summed E-state index contributed by atoms with van der Waals surface area (Å²) in [6, 6.07) is 38.8. The predicted octanol–water partition coefficient (Wildman–Crippen LogP) is 12.1. The molecule has 0 radical (unpaired) electrons. The van der Waals surface area contributed by atoms with Gasteiger partial charge < -0.3 is 24.8 Å². The molecule has 0 aliphatic heterocycles. The first-order chi connectivity index (χ1) is 23.9. The van der Waals surface area contributed by atoms with Crippen molar-refractivity contribution >= 4 is 102 Å². The molecule has 8 aromatic rings. The third kappa shape index (κ3) is 6.46. The highest BCUT2D eigenvalue weighted by molar-refractivity contribution is 6.32. The SMILES string of the molecule is COc1ccc2nc3cc(Cl)ccc3c(Nc3ccc(Oc4ccc(Nc5c6ccc(Cl)cc6nc6ccc(OC)cc56)cc4)cc3)c2c1.Cl. The number of fused-ring (bicyclic) bond motifs is 4. The van der Waals surface area contributed by atoms with Gasteiger partial charge in [0.2, 0.25) is 0 Å². The van der Waals surface area contributed by atoms with Crippen molar-refractivity contribution in [2.24, 2.45) is 0 Å². The number of rotatable bonds is 8. The molecule has 10 heteroatoms. The Morgan fingerprint density at radius 1 is 0.440 bits per heavy atom. The van der Waals surface area contributed by atoms with Crippen LogP contribution < -0.4 is 24.8 Å². The number of aromatic nitrogens is 2. The van der Waals surface area contributed by atoms with Gasteiger partial charge in [0.1, 0.15) is 23.0 Å².